The maximum Gasteiger partial charge on any atom is 0.348 e. The van der Waals surface area contributed by atoms with Crippen molar-refractivity contribution in [3.8, 4) is 5.75 Å². The molecule has 3 atom stereocenters. The number of primary amides is 1. The van der Waals surface area contributed by atoms with E-state index in [2.05, 4.69) is 12.4 Å². The molecule has 3 aromatic rings. The van der Waals surface area contributed by atoms with Gasteiger partial charge < -0.3 is 25.0 Å². The molecule has 4 rings (SSSR count). The second-order valence-corrected chi connectivity index (χ2v) is 12.1. The number of anilines is 1. The molecule has 1 fully saturated rings. The normalized spacial score (nSPS) is 19.2. The number of halogens is 1. The SMILES string of the molecule is CCOC(=O)c1ccc(NC(=O)N([C@@H]2CCC[N+](C)(Cc3cccc(Cl)c3)C2)[C@@H](Cc2ccc(O)cc2)C(N)=O)s1. The Morgan fingerprint density at radius 1 is 1.17 bits per heavy atom. The van der Waals surface area contributed by atoms with E-state index in [0.717, 1.165) is 42.0 Å². The van der Waals surface area contributed by atoms with Gasteiger partial charge in [0.25, 0.3) is 0 Å². The number of benzene rings is 2. The minimum atomic E-state index is -0.938. The number of urea groups is 1. The molecule has 0 spiro atoms. The zero-order valence-corrected chi connectivity index (χ0v) is 24.8. The minimum absolute atomic E-state index is 0.107. The first-order valence-corrected chi connectivity index (χ1v) is 14.8. The number of rotatable bonds is 10. The molecular formula is C30H36ClN4O5S+. The van der Waals surface area contributed by atoms with Gasteiger partial charge in [0.1, 0.15) is 23.2 Å². The monoisotopic (exact) mass is 599 g/mol. The average Bonchev–Trinajstić information content (AvgIpc) is 3.38. The van der Waals surface area contributed by atoms with Crippen LogP contribution in [0.5, 0.6) is 5.75 Å². The summed E-state index contributed by atoms with van der Waals surface area (Å²) >= 11 is 7.35. The number of piperidine rings is 1. The van der Waals surface area contributed by atoms with Crippen molar-refractivity contribution in [2.45, 2.75) is 44.8 Å². The Kier molecular flexibility index (Phi) is 9.90. The fourth-order valence-electron chi connectivity index (χ4n) is 5.49. The molecule has 0 radical (unpaired) electrons. The van der Waals surface area contributed by atoms with Crippen LogP contribution in [-0.2, 0) is 22.5 Å². The number of likely N-dealkylation sites (tertiary alicyclic amines) is 1. The molecule has 41 heavy (non-hydrogen) atoms. The summed E-state index contributed by atoms with van der Waals surface area (Å²) < 4.78 is 5.73. The fourth-order valence-corrected chi connectivity index (χ4v) is 6.49. The zero-order chi connectivity index (χ0) is 29.6. The van der Waals surface area contributed by atoms with Gasteiger partial charge in [0.2, 0.25) is 5.91 Å². The van der Waals surface area contributed by atoms with Crippen LogP contribution in [0.3, 0.4) is 0 Å². The lowest BCUT2D eigenvalue weighted by Crippen LogP contribution is -2.62. The summed E-state index contributed by atoms with van der Waals surface area (Å²) in [5.74, 6) is -0.977. The van der Waals surface area contributed by atoms with E-state index in [1.54, 1.807) is 48.2 Å². The van der Waals surface area contributed by atoms with Crippen LogP contribution in [0.25, 0.3) is 0 Å². The summed E-state index contributed by atoms with van der Waals surface area (Å²) in [5, 5.41) is 13.8. The number of likely N-dealkylation sites (N-methyl/N-ethyl adjacent to an activating group) is 1. The highest BCUT2D eigenvalue weighted by Crippen LogP contribution is 2.29. The van der Waals surface area contributed by atoms with E-state index < -0.39 is 23.9 Å². The molecule has 1 aromatic heterocycles. The second-order valence-electron chi connectivity index (χ2n) is 10.6. The van der Waals surface area contributed by atoms with E-state index in [-0.39, 0.29) is 24.8 Å². The number of amides is 3. The molecule has 9 nitrogen and oxygen atoms in total. The van der Waals surface area contributed by atoms with Crippen LogP contribution >= 0.6 is 22.9 Å². The van der Waals surface area contributed by atoms with Gasteiger partial charge in [0, 0.05) is 17.0 Å². The Labute approximate surface area is 249 Å². The van der Waals surface area contributed by atoms with Gasteiger partial charge in [-0.2, -0.15) is 0 Å². The molecule has 0 aliphatic carbocycles. The number of phenols is 1. The number of thiophene rings is 1. The van der Waals surface area contributed by atoms with Crippen molar-refractivity contribution in [1.29, 1.82) is 0 Å². The van der Waals surface area contributed by atoms with E-state index >= 15 is 0 Å². The largest absolute Gasteiger partial charge is 0.508 e. The van der Waals surface area contributed by atoms with Crippen molar-refractivity contribution in [2.75, 3.05) is 32.1 Å². The summed E-state index contributed by atoms with van der Waals surface area (Å²) in [6, 6.07) is 15.8. The van der Waals surface area contributed by atoms with Crippen molar-refractivity contribution in [1.82, 2.24) is 4.90 Å². The number of phenolic OH excluding ortho intramolecular Hbond substituents is 1. The summed E-state index contributed by atoms with van der Waals surface area (Å²) in [4.78, 5) is 41.0. The molecule has 2 heterocycles. The number of nitrogens with two attached hydrogens (primary N) is 1. The number of esters is 1. The maximum atomic E-state index is 14.0. The molecule has 4 N–H and O–H groups in total. The third-order valence-corrected chi connectivity index (χ3v) is 8.53. The summed E-state index contributed by atoms with van der Waals surface area (Å²) in [6.07, 6.45) is 1.74. The molecule has 1 saturated heterocycles. The van der Waals surface area contributed by atoms with Gasteiger partial charge in [-0.05, 0) is 61.7 Å². The fraction of sp³-hybridized carbons (Fsp3) is 0.367. The molecule has 2 aromatic carbocycles. The smallest absolute Gasteiger partial charge is 0.348 e. The number of hydrogen-bond donors (Lipinski definition) is 3. The topological polar surface area (TPSA) is 122 Å². The average molecular weight is 600 g/mol. The van der Waals surface area contributed by atoms with E-state index in [1.165, 1.54) is 0 Å². The van der Waals surface area contributed by atoms with Crippen molar-refractivity contribution in [2.24, 2.45) is 5.73 Å². The first kappa shape index (κ1) is 30.4. The van der Waals surface area contributed by atoms with Gasteiger partial charge in [0.05, 0.1) is 37.8 Å². The quantitative estimate of drug-likeness (QED) is 0.223. The third-order valence-electron chi connectivity index (χ3n) is 7.31. The van der Waals surface area contributed by atoms with Crippen LogP contribution in [0.2, 0.25) is 5.02 Å². The van der Waals surface area contributed by atoms with Crippen LogP contribution in [0.1, 0.15) is 40.6 Å². The number of ether oxygens (including phenoxy) is 1. The van der Waals surface area contributed by atoms with Crippen LogP contribution in [0.15, 0.2) is 60.7 Å². The lowest BCUT2D eigenvalue weighted by molar-refractivity contribution is -0.928. The van der Waals surface area contributed by atoms with E-state index in [1.807, 2.05) is 24.3 Å². The van der Waals surface area contributed by atoms with E-state index in [0.29, 0.717) is 32.3 Å². The molecule has 0 bridgehead atoms. The second kappa shape index (κ2) is 13.4. The number of quaternary nitrogens is 1. The number of carbonyl (C=O) groups excluding carboxylic acids is 3. The van der Waals surface area contributed by atoms with Gasteiger partial charge in [-0.3, -0.25) is 10.1 Å². The molecule has 218 valence electrons. The predicted octanol–water partition coefficient (Wildman–Crippen LogP) is 5.02. The van der Waals surface area contributed by atoms with Crippen molar-refractivity contribution < 1.29 is 28.7 Å². The van der Waals surface area contributed by atoms with Crippen LogP contribution in [0, 0.1) is 0 Å². The molecule has 0 saturated carbocycles. The highest BCUT2D eigenvalue weighted by molar-refractivity contribution is 7.18. The van der Waals surface area contributed by atoms with Crippen LogP contribution < -0.4 is 11.1 Å². The number of nitrogens with one attached hydrogen (secondary N) is 1. The first-order chi connectivity index (χ1) is 19.6. The van der Waals surface area contributed by atoms with Gasteiger partial charge in [-0.1, -0.05) is 35.9 Å². The maximum absolute atomic E-state index is 14.0. The molecule has 1 aliphatic rings. The van der Waals surface area contributed by atoms with E-state index in [4.69, 9.17) is 22.1 Å². The number of nitrogens with zero attached hydrogens (tertiary/aromatic N) is 2. The van der Waals surface area contributed by atoms with Gasteiger partial charge in [-0.15, -0.1) is 11.3 Å². The highest BCUT2D eigenvalue weighted by atomic mass is 35.5. The van der Waals surface area contributed by atoms with Gasteiger partial charge >= 0.3 is 12.0 Å². The molecule has 1 unspecified atom stereocenters. The Morgan fingerprint density at radius 3 is 2.61 bits per heavy atom. The molecule has 3 amide bonds. The standard InChI is InChI=1S/C30H35ClN4O5S/c1-3-40-29(38)26-13-14-27(41-26)33-30(39)34(25(28(32)37)17-20-9-11-24(36)12-10-20)23-8-5-15-35(2,19-23)18-21-6-4-7-22(31)16-21/h4,6-7,9-14,16,23,25H,3,5,8,15,17-19H2,1-2H3,(H3-,32,33,36,37,38,39)/p+1/t23-,25+,35?/m1/s1. The molecule has 11 heteroatoms. The van der Waals surface area contributed by atoms with Crippen molar-refractivity contribution >= 4 is 45.8 Å². The van der Waals surface area contributed by atoms with Gasteiger partial charge in [-0.25, -0.2) is 9.59 Å². The lowest BCUT2D eigenvalue weighted by atomic mass is 9.96. The number of hydrogen-bond acceptors (Lipinski definition) is 6. The van der Waals surface area contributed by atoms with Crippen molar-refractivity contribution in [3.05, 3.63) is 81.7 Å². The van der Waals surface area contributed by atoms with Crippen LogP contribution in [0.4, 0.5) is 9.80 Å². The van der Waals surface area contributed by atoms with Crippen LogP contribution in [-0.4, -0.2) is 71.2 Å². The highest BCUT2D eigenvalue weighted by Gasteiger charge is 2.41. The first-order valence-electron chi connectivity index (χ1n) is 13.6. The summed E-state index contributed by atoms with van der Waals surface area (Å²) in [7, 11) is 2.15. The summed E-state index contributed by atoms with van der Waals surface area (Å²) in [6.45, 7) is 4.22. The minimum Gasteiger partial charge on any atom is -0.508 e. The predicted molar refractivity (Wildman–Crippen MR) is 160 cm³/mol. The third kappa shape index (κ3) is 8.00. The lowest BCUT2D eigenvalue weighted by Gasteiger charge is -2.46. The Hall–Kier alpha value is -3.60. The number of carbonyl (C=O) groups is 3. The van der Waals surface area contributed by atoms with Gasteiger partial charge in [0.15, 0.2) is 0 Å². The Balaban J connectivity index is 1.63. The summed E-state index contributed by atoms with van der Waals surface area (Å²) in [5.41, 5.74) is 7.81. The molecular weight excluding hydrogens is 564 g/mol. The number of aromatic hydroxyl groups is 1. The Bertz CT molecular complexity index is 1380. The zero-order valence-electron chi connectivity index (χ0n) is 23.2. The molecule has 1 aliphatic heterocycles. The Morgan fingerprint density at radius 2 is 1.93 bits per heavy atom. The van der Waals surface area contributed by atoms with Crippen molar-refractivity contribution in [3.63, 3.8) is 0 Å². The van der Waals surface area contributed by atoms with E-state index in [9.17, 15) is 19.5 Å².